The number of hydrogen-bond donors (Lipinski definition) is 1. The predicted octanol–water partition coefficient (Wildman–Crippen LogP) is 0.996. The summed E-state index contributed by atoms with van der Waals surface area (Å²) in [6.45, 7) is 3.63. The van der Waals surface area contributed by atoms with Gasteiger partial charge in [-0.1, -0.05) is 6.08 Å². The van der Waals surface area contributed by atoms with Gasteiger partial charge in [-0.2, -0.15) is 5.10 Å². The molecule has 1 aromatic rings. The van der Waals surface area contributed by atoms with Crippen molar-refractivity contribution < 1.29 is 0 Å². The lowest BCUT2D eigenvalue weighted by Gasteiger charge is -2.03. The Morgan fingerprint density at radius 1 is 1.91 bits per heavy atom. The number of nitrogens with zero attached hydrogens (tertiary/aromatic N) is 2. The van der Waals surface area contributed by atoms with Gasteiger partial charge in [0.2, 0.25) is 0 Å². The number of aryl methyl sites for hydroxylation is 1. The Morgan fingerprint density at radius 2 is 2.64 bits per heavy atom. The molecular formula is C8H13N3. The highest BCUT2D eigenvalue weighted by molar-refractivity contribution is 5.10. The summed E-state index contributed by atoms with van der Waals surface area (Å²) < 4.78 is 1.75. The zero-order valence-electron chi connectivity index (χ0n) is 6.70. The van der Waals surface area contributed by atoms with Crippen LogP contribution in [0.25, 0.3) is 0 Å². The Balaban J connectivity index is 2.67. The standard InChI is InChI=1S/C8H13N3/c1-3-4-8(9)7-5-10-11(2)6-7/h3,5-6,8H,1,4,9H2,2H3. The molecule has 0 radical (unpaired) electrons. The van der Waals surface area contributed by atoms with Crippen molar-refractivity contribution in [2.75, 3.05) is 0 Å². The fourth-order valence-corrected chi connectivity index (χ4v) is 0.947. The Bertz CT molecular complexity index is 239. The van der Waals surface area contributed by atoms with Crippen molar-refractivity contribution in [1.82, 2.24) is 9.78 Å². The SMILES string of the molecule is C=CCC(N)c1cnn(C)c1. The molecule has 0 fully saturated rings. The quantitative estimate of drug-likeness (QED) is 0.655. The highest BCUT2D eigenvalue weighted by Crippen LogP contribution is 2.11. The molecule has 60 valence electrons. The average molecular weight is 151 g/mol. The first-order valence-electron chi connectivity index (χ1n) is 3.59. The largest absolute Gasteiger partial charge is 0.324 e. The summed E-state index contributed by atoms with van der Waals surface area (Å²) in [7, 11) is 1.88. The smallest absolute Gasteiger partial charge is 0.0537 e. The minimum absolute atomic E-state index is 0.0428. The highest BCUT2D eigenvalue weighted by Gasteiger charge is 2.04. The molecule has 0 aromatic carbocycles. The molecule has 0 aliphatic rings. The van der Waals surface area contributed by atoms with E-state index in [1.807, 2.05) is 19.3 Å². The van der Waals surface area contributed by atoms with Crippen LogP contribution in [0.3, 0.4) is 0 Å². The molecule has 3 nitrogen and oxygen atoms in total. The van der Waals surface area contributed by atoms with E-state index < -0.39 is 0 Å². The molecule has 0 saturated heterocycles. The van der Waals surface area contributed by atoms with E-state index in [0.717, 1.165) is 12.0 Å². The van der Waals surface area contributed by atoms with Gasteiger partial charge in [0.25, 0.3) is 0 Å². The molecule has 0 aliphatic carbocycles. The maximum atomic E-state index is 5.79. The van der Waals surface area contributed by atoms with Crippen molar-refractivity contribution in [3.8, 4) is 0 Å². The summed E-state index contributed by atoms with van der Waals surface area (Å²) in [6, 6.07) is 0.0428. The lowest BCUT2D eigenvalue weighted by Crippen LogP contribution is -2.07. The van der Waals surface area contributed by atoms with Crippen molar-refractivity contribution >= 4 is 0 Å². The van der Waals surface area contributed by atoms with Crippen LogP contribution < -0.4 is 5.73 Å². The van der Waals surface area contributed by atoms with Gasteiger partial charge < -0.3 is 5.73 Å². The second-order valence-corrected chi connectivity index (χ2v) is 2.58. The highest BCUT2D eigenvalue weighted by atomic mass is 15.2. The van der Waals surface area contributed by atoms with Crippen molar-refractivity contribution in [1.29, 1.82) is 0 Å². The molecule has 0 spiro atoms. The van der Waals surface area contributed by atoms with Crippen LogP contribution in [0.4, 0.5) is 0 Å². The number of aromatic nitrogens is 2. The molecule has 11 heavy (non-hydrogen) atoms. The van der Waals surface area contributed by atoms with Gasteiger partial charge in [0.05, 0.1) is 6.20 Å². The normalized spacial score (nSPS) is 12.9. The molecule has 1 heterocycles. The van der Waals surface area contributed by atoms with E-state index in [1.165, 1.54) is 0 Å². The molecule has 0 bridgehead atoms. The van der Waals surface area contributed by atoms with Gasteiger partial charge >= 0.3 is 0 Å². The van der Waals surface area contributed by atoms with Crippen LogP contribution >= 0.6 is 0 Å². The van der Waals surface area contributed by atoms with Gasteiger partial charge in [-0.05, 0) is 6.42 Å². The third-order valence-corrected chi connectivity index (χ3v) is 1.57. The molecule has 1 rings (SSSR count). The zero-order valence-corrected chi connectivity index (χ0v) is 6.70. The van der Waals surface area contributed by atoms with E-state index in [4.69, 9.17) is 5.73 Å². The van der Waals surface area contributed by atoms with Crippen LogP contribution in [0.2, 0.25) is 0 Å². The topological polar surface area (TPSA) is 43.8 Å². The molecule has 1 atom stereocenters. The monoisotopic (exact) mass is 151 g/mol. The molecule has 2 N–H and O–H groups in total. The van der Waals surface area contributed by atoms with Crippen molar-refractivity contribution in [3.05, 3.63) is 30.6 Å². The van der Waals surface area contributed by atoms with Crippen LogP contribution in [0.5, 0.6) is 0 Å². The molecular weight excluding hydrogens is 138 g/mol. The number of nitrogens with two attached hydrogens (primary N) is 1. The van der Waals surface area contributed by atoms with E-state index in [-0.39, 0.29) is 6.04 Å². The fourth-order valence-electron chi connectivity index (χ4n) is 0.947. The van der Waals surface area contributed by atoms with Crippen LogP contribution in [0.1, 0.15) is 18.0 Å². The molecule has 1 aromatic heterocycles. The van der Waals surface area contributed by atoms with Gasteiger partial charge in [-0.3, -0.25) is 4.68 Å². The van der Waals surface area contributed by atoms with Crippen LogP contribution in [0.15, 0.2) is 25.0 Å². The second kappa shape index (κ2) is 3.34. The van der Waals surface area contributed by atoms with Gasteiger partial charge in [-0.25, -0.2) is 0 Å². The summed E-state index contributed by atoms with van der Waals surface area (Å²) in [5.74, 6) is 0. The lowest BCUT2D eigenvalue weighted by atomic mass is 10.1. The molecule has 0 amide bonds. The summed E-state index contributed by atoms with van der Waals surface area (Å²) in [5, 5.41) is 4.02. The first kappa shape index (κ1) is 8.01. The lowest BCUT2D eigenvalue weighted by molar-refractivity contribution is 0.734. The Labute approximate surface area is 66.5 Å². The number of rotatable bonds is 3. The van der Waals surface area contributed by atoms with Crippen molar-refractivity contribution in [2.45, 2.75) is 12.5 Å². The summed E-state index contributed by atoms with van der Waals surface area (Å²) in [4.78, 5) is 0. The Morgan fingerprint density at radius 3 is 3.09 bits per heavy atom. The Kier molecular flexibility index (Phi) is 2.44. The van der Waals surface area contributed by atoms with E-state index in [0.29, 0.717) is 0 Å². The first-order chi connectivity index (χ1) is 5.24. The maximum absolute atomic E-state index is 5.79. The van der Waals surface area contributed by atoms with Gasteiger partial charge in [0.1, 0.15) is 0 Å². The van der Waals surface area contributed by atoms with E-state index >= 15 is 0 Å². The van der Waals surface area contributed by atoms with E-state index in [9.17, 15) is 0 Å². The van der Waals surface area contributed by atoms with E-state index in [2.05, 4.69) is 11.7 Å². The Hall–Kier alpha value is -1.09. The molecule has 0 saturated carbocycles. The first-order valence-corrected chi connectivity index (χ1v) is 3.59. The van der Waals surface area contributed by atoms with Gasteiger partial charge in [0, 0.05) is 24.8 Å². The molecule has 1 unspecified atom stereocenters. The van der Waals surface area contributed by atoms with Gasteiger partial charge in [0.15, 0.2) is 0 Å². The minimum atomic E-state index is 0.0428. The van der Waals surface area contributed by atoms with Gasteiger partial charge in [-0.15, -0.1) is 6.58 Å². The summed E-state index contributed by atoms with van der Waals surface area (Å²) >= 11 is 0. The van der Waals surface area contributed by atoms with Crippen molar-refractivity contribution in [3.63, 3.8) is 0 Å². The van der Waals surface area contributed by atoms with Crippen molar-refractivity contribution in [2.24, 2.45) is 12.8 Å². The second-order valence-electron chi connectivity index (χ2n) is 2.58. The van der Waals surface area contributed by atoms with Crippen LogP contribution in [-0.4, -0.2) is 9.78 Å². The predicted molar refractivity (Wildman–Crippen MR) is 45.0 cm³/mol. The van der Waals surface area contributed by atoms with Crippen LogP contribution in [-0.2, 0) is 7.05 Å². The third-order valence-electron chi connectivity index (χ3n) is 1.57. The zero-order chi connectivity index (χ0) is 8.27. The van der Waals surface area contributed by atoms with Crippen LogP contribution in [0, 0.1) is 0 Å². The number of hydrogen-bond acceptors (Lipinski definition) is 2. The summed E-state index contributed by atoms with van der Waals surface area (Å²) in [6.07, 6.45) is 6.33. The average Bonchev–Trinajstić information content (AvgIpc) is 2.36. The third kappa shape index (κ3) is 1.91. The van der Waals surface area contributed by atoms with E-state index in [1.54, 1.807) is 10.9 Å². The maximum Gasteiger partial charge on any atom is 0.0537 e. The fraction of sp³-hybridized carbons (Fsp3) is 0.375. The molecule has 3 heteroatoms. The molecule has 0 aliphatic heterocycles. The minimum Gasteiger partial charge on any atom is -0.324 e. The summed E-state index contributed by atoms with van der Waals surface area (Å²) in [5.41, 5.74) is 6.86.